The van der Waals surface area contributed by atoms with E-state index in [1.807, 2.05) is 9.58 Å². The number of nitrogens with zero attached hydrogens (tertiary/aromatic N) is 5. The van der Waals surface area contributed by atoms with E-state index in [1.165, 1.54) is 56.8 Å². The Hall–Kier alpha value is -3.01. The topological polar surface area (TPSA) is 107 Å². The number of aromatic nitrogens is 4. The first-order chi connectivity index (χ1) is 16.9. The smallest absolute Gasteiger partial charge is 0.233 e. The lowest BCUT2D eigenvalue weighted by atomic mass is 9.86. The molecule has 0 unspecified atom stereocenters. The summed E-state index contributed by atoms with van der Waals surface area (Å²) in [5.41, 5.74) is 0.690. The van der Waals surface area contributed by atoms with Crippen LogP contribution in [0.25, 0.3) is 11.0 Å². The maximum atomic E-state index is 12.8. The normalized spacial score (nSPS) is 18.1. The van der Waals surface area contributed by atoms with E-state index in [0.717, 1.165) is 25.9 Å². The van der Waals surface area contributed by atoms with Crippen LogP contribution < -0.4 is 4.74 Å². The number of benzene rings is 1. The molecular weight excluding hydrogens is 466 g/mol. The van der Waals surface area contributed by atoms with E-state index in [4.69, 9.17) is 4.74 Å². The molecule has 2 aromatic heterocycles. The van der Waals surface area contributed by atoms with E-state index in [0.29, 0.717) is 40.9 Å². The lowest BCUT2D eigenvalue weighted by molar-refractivity contribution is -0.133. The molecule has 1 aromatic carbocycles. The minimum atomic E-state index is -3.27. The third kappa shape index (κ3) is 5.32. The SMILES string of the molecule is CS(=O)(=O)c1ccc(Oc2ncnc3c2cnn3C2CCN(C(=O)CC3CCCCC3)CC2)cc1. The van der Waals surface area contributed by atoms with E-state index in [-0.39, 0.29) is 10.9 Å². The lowest BCUT2D eigenvalue weighted by Gasteiger charge is -2.33. The maximum Gasteiger partial charge on any atom is 0.233 e. The van der Waals surface area contributed by atoms with Gasteiger partial charge >= 0.3 is 0 Å². The summed E-state index contributed by atoms with van der Waals surface area (Å²) in [5.74, 6) is 1.70. The second-order valence-corrected chi connectivity index (χ2v) is 11.7. The molecule has 2 aliphatic rings. The zero-order valence-corrected chi connectivity index (χ0v) is 20.8. The molecule has 1 saturated carbocycles. The van der Waals surface area contributed by atoms with Gasteiger partial charge in [0.25, 0.3) is 0 Å². The highest BCUT2D eigenvalue weighted by atomic mass is 32.2. The monoisotopic (exact) mass is 497 g/mol. The van der Waals surface area contributed by atoms with Gasteiger partial charge in [0, 0.05) is 25.8 Å². The number of piperidine rings is 1. The highest BCUT2D eigenvalue weighted by Gasteiger charge is 2.28. The summed E-state index contributed by atoms with van der Waals surface area (Å²) in [5, 5.41) is 5.27. The summed E-state index contributed by atoms with van der Waals surface area (Å²) < 4.78 is 31.2. The van der Waals surface area contributed by atoms with Crippen molar-refractivity contribution in [3.05, 3.63) is 36.8 Å². The Bertz CT molecular complexity index is 1290. The highest BCUT2D eigenvalue weighted by Crippen LogP contribution is 2.32. The second kappa shape index (κ2) is 9.93. The van der Waals surface area contributed by atoms with Gasteiger partial charge < -0.3 is 9.64 Å². The summed E-state index contributed by atoms with van der Waals surface area (Å²) in [6, 6.07) is 6.39. The van der Waals surface area contributed by atoms with E-state index in [2.05, 4.69) is 15.1 Å². The summed E-state index contributed by atoms with van der Waals surface area (Å²) >= 11 is 0. The molecule has 0 bridgehead atoms. The minimum absolute atomic E-state index is 0.156. The van der Waals surface area contributed by atoms with Crippen molar-refractivity contribution in [2.24, 2.45) is 5.92 Å². The lowest BCUT2D eigenvalue weighted by Crippen LogP contribution is -2.40. The Morgan fingerprint density at radius 2 is 1.74 bits per heavy atom. The average Bonchev–Trinajstić information content (AvgIpc) is 3.30. The zero-order valence-electron chi connectivity index (χ0n) is 20.0. The Kier molecular flexibility index (Phi) is 6.73. The molecule has 0 N–H and O–H groups in total. The zero-order chi connectivity index (χ0) is 24.4. The van der Waals surface area contributed by atoms with Crippen LogP contribution in [0.5, 0.6) is 11.6 Å². The Morgan fingerprint density at radius 3 is 2.43 bits per heavy atom. The maximum absolute atomic E-state index is 12.8. The Labute approximate surface area is 205 Å². The van der Waals surface area contributed by atoms with Gasteiger partial charge in [0.15, 0.2) is 15.5 Å². The Morgan fingerprint density at radius 1 is 1.03 bits per heavy atom. The fraction of sp³-hybridized carbons (Fsp3) is 0.520. The first kappa shape index (κ1) is 23.7. The number of carbonyl (C=O) groups is 1. The molecule has 1 aliphatic heterocycles. The largest absolute Gasteiger partial charge is 0.438 e. The van der Waals surface area contributed by atoms with Crippen LogP contribution in [0.2, 0.25) is 0 Å². The molecule has 0 spiro atoms. The number of ether oxygens (including phenoxy) is 1. The van der Waals surface area contributed by atoms with E-state index >= 15 is 0 Å². The molecule has 1 saturated heterocycles. The first-order valence-electron chi connectivity index (χ1n) is 12.3. The molecule has 0 radical (unpaired) electrons. The quantitative estimate of drug-likeness (QED) is 0.503. The highest BCUT2D eigenvalue weighted by molar-refractivity contribution is 7.90. The molecule has 1 amide bonds. The van der Waals surface area contributed by atoms with Gasteiger partial charge in [0.05, 0.1) is 17.1 Å². The number of sulfone groups is 1. The first-order valence-corrected chi connectivity index (χ1v) is 14.2. The predicted molar refractivity (Wildman–Crippen MR) is 131 cm³/mol. The van der Waals surface area contributed by atoms with Crippen molar-refractivity contribution < 1.29 is 17.9 Å². The molecule has 2 fully saturated rings. The fourth-order valence-corrected chi connectivity index (χ4v) is 5.81. The number of hydrogen-bond acceptors (Lipinski definition) is 7. The van der Waals surface area contributed by atoms with Crippen molar-refractivity contribution in [2.75, 3.05) is 19.3 Å². The average molecular weight is 498 g/mol. The molecule has 10 heteroatoms. The van der Waals surface area contributed by atoms with Crippen LogP contribution >= 0.6 is 0 Å². The van der Waals surface area contributed by atoms with Gasteiger partial charge in [0.1, 0.15) is 17.5 Å². The van der Waals surface area contributed by atoms with Crippen LogP contribution in [0.15, 0.2) is 41.7 Å². The molecule has 3 heterocycles. The molecule has 186 valence electrons. The van der Waals surface area contributed by atoms with Crippen LogP contribution in [0, 0.1) is 5.92 Å². The predicted octanol–water partition coefficient (Wildman–Crippen LogP) is 4.16. The van der Waals surface area contributed by atoms with Gasteiger partial charge in [-0.05, 0) is 55.9 Å². The van der Waals surface area contributed by atoms with Crippen molar-refractivity contribution >= 4 is 26.8 Å². The van der Waals surface area contributed by atoms with Crippen LogP contribution in [0.3, 0.4) is 0 Å². The summed E-state index contributed by atoms with van der Waals surface area (Å²) in [4.78, 5) is 23.8. The van der Waals surface area contributed by atoms with Crippen molar-refractivity contribution in [2.45, 2.75) is 62.3 Å². The van der Waals surface area contributed by atoms with Gasteiger partial charge in [-0.3, -0.25) is 4.79 Å². The van der Waals surface area contributed by atoms with Crippen LogP contribution in [-0.4, -0.2) is 58.3 Å². The van der Waals surface area contributed by atoms with Gasteiger partial charge in [-0.2, -0.15) is 5.10 Å². The minimum Gasteiger partial charge on any atom is -0.438 e. The number of amides is 1. The van der Waals surface area contributed by atoms with Crippen molar-refractivity contribution in [3.63, 3.8) is 0 Å². The molecule has 3 aromatic rings. The molecule has 35 heavy (non-hydrogen) atoms. The second-order valence-electron chi connectivity index (χ2n) is 9.67. The third-order valence-electron chi connectivity index (χ3n) is 7.17. The van der Waals surface area contributed by atoms with Gasteiger partial charge in [-0.1, -0.05) is 19.3 Å². The molecule has 0 atom stereocenters. The fourth-order valence-electron chi connectivity index (χ4n) is 5.18. The van der Waals surface area contributed by atoms with Gasteiger partial charge in [-0.25, -0.2) is 23.1 Å². The van der Waals surface area contributed by atoms with E-state index in [1.54, 1.807) is 18.3 Å². The third-order valence-corrected chi connectivity index (χ3v) is 8.30. The van der Waals surface area contributed by atoms with Crippen LogP contribution in [0.1, 0.15) is 57.4 Å². The number of rotatable bonds is 6. The molecule has 5 rings (SSSR count). The standard InChI is InChI=1S/C25H31N5O4S/c1-35(32,33)21-9-7-20(8-10-21)34-25-22-16-28-30(24(22)26-17-27-25)19-11-13-29(14-12-19)23(31)15-18-5-3-2-4-6-18/h7-10,16-19H,2-6,11-15H2,1H3. The summed E-state index contributed by atoms with van der Waals surface area (Å²) in [7, 11) is -3.27. The van der Waals surface area contributed by atoms with E-state index < -0.39 is 9.84 Å². The van der Waals surface area contributed by atoms with Crippen molar-refractivity contribution in [1.82, 2.24) is 24.6 Å². The van der Waals surface area contributed by atoms with Crippen LogP contribution in [-0.2, 0) is 14.6 Å². The summed E-state index contributed by atoms with van der Waals surface area (Å²) in [6.07, 6.45) is 12.9. The molecule has 1 aliphatic carbocycles. The Balaban J connectivity index is 1.25. The van der Waals surface area contributed by atoms with Gasteiger partial charge in [0.2, 0.25) is 11.8 Å². The summed E-state index contributed by atoms with van der Waals surface area (Å²) in [6.45, 7) is 1.47. The molecular formula is C25H31N5O4S. The number of likely N-dealkylation sites (tertiary alicyclic amines) is 1. The number of hydrogen-bond donors (Lipinski definition) is 0. The number of fused-ring (bicyclic) bond motifs is 1. The molecule has 9 nitrogen and oxygen atoms in total. The van der Waals surface area contributed by atoms with Gasteiger partial charge in [-0.15, -0.1) is 0 Å². The van der Waals surface area contributed by atoms with Crippen molar-refractivity contribution in [1.29, 1.82) is 0 Å². The van der Waals surface area contributed by atoms with E-state index in [9.17, 15) is 13.2 Å². The van der Waals surface area contributed by atoms with Crippen molar-refractivity contribution in [3.8, 4) is 11.6 Å². The van der Waals surface area contributed by atoms with Crippen LogP contribution in [0.4, 0.5) is 0 Å². The number of carbonyl (C=O) groups excluding carboxylic acids is 1.